The first kappa shape index (κ1) is 16.5. The molecule has 3 rings (SSSR count). The van der Waals surface area contributed by atoms with Crippen molar-refractivity contribution in [3.63, 3.8) is 0 Å². The molecule has 0 aliphatic rings. The van der Waals surface area contributed by atoms with Crippen molar-refractivity contribution in [1.82, 2.24) is 9.55 Å². The van der Waals surface area contributed by atoms with E-state index >= 15 is 0 Å². The third-order valence-electron chi connectivity index (χ3n) is 3.35. The van der Waals surface area contributed by atoms with Crippen LogP contribution in [0.2, 0.25) is 0 Å². The quantitative estimate of drug-likeness (QED) is 0.768. The van der Waals surface area contributed by atoms with Gasteiger partial charge in [-0.15, -0.1) is 0 Å². The molecule has 2 heterocycles. The van der Waals surface area contributed by atoms with Crippen LogP contribution in [-0.4, -0.2) is 18.0 Å². The maximum absolute atomic E-state index is 14.1. The fourth-order valence-corrected chi connectivity index (χ4v) is 3.66. The molecule has 0 saturated carbocycles. The van der Waals surface area contributed by atoms with Crippen LogP contribution in [0, 0.1) is 12.7 Å². The number of thiazole rings is 1. The second-order valence-electron chi connectivity index (χ2n) is 5.13. The van der Waals surface area contributed by atoms with Gasteiger partial charge in [0.05, 0.1) is 17.6 Å². The zero-order chi connectivity index (χ0) is 17.5. The SMILES string of the molecule is Cc1cncc(-n2c(-c3ccc(S(N)(=O)=O)c(F)c3)csc2=O)c1. The lowest BCUT2D eigenvalue weighted by atomic mass is 10.1. The summed E-state index contributed by atoms with van der Waals surface area (Å²) in [6.45, 7) is 1.84. The van der Waals surface area contributed by atoms with E-state index in [0.717, 1.165) is 29.0 Å². The number of sulfonamides is 1. The Bertz CT molecular complexity index is 1090. The number of benzene rings is 1. The van der Waals surface area contributed by atoms with Crippen molar-refractivity contribution in [2.24, 2.45) is 5.14 Å². The maximum atomic E-state index is 14.1. The average Bonchev–Trinajstić information content (AvgIpc) is 2.87. The van der Waals surface area contributed by atoms with E-state index in [2.05, 4.69) is 4.98 Å². The number of rotatable bonds is 3. The largest absolute Gasteiger partial charge is 0.312 e. The minimum atomic E-state index is -4.15. The Hall–Kier alpha value is -2.36. The molecule has 2 N–H and O–H groups in total. The number of nitrogens with two attached hydrogens (primary N) is 1. The lowest BCUT2D eigenvalue weighted by Crippen LogP contribution is -2.14. The van der Waals surface area contributed by atoms with Crippen molar-refractivity contribution in [3.05, 3.63) is 63.1 Å². The summed E-state index contributed by atoms with van der Waals surface area (Å²) in [5.74, 6) is -0.970. The van der Waals surface area contributed by atoms with Crippen LogP contribution in [-0.2, 0) is 10.0 Å². The summed E-state index contributed by atoms with van der Waals surface area (Å²) in [7, 11) is -4.15. The van der Waals surface area contributed by atoms with E-state index < -0.39 is 20.7 Å². The van der Waals surface area contributed by atoms with Crippen molar-refractivity contribution in [3.8, 4) is 16.9 Å². The number of pyridine rings is 1. The fourth-order valence-electron chi connectivity index (χ4n) is 2.30. The van der Waals surface area contributed by atoms with Crippen LogP contribution in [0.4, 0.5) is 4.39 Å². The number of aromatic nitrogens is 2. The molecule has 0 bridgehead atoms. The second-order valence-corrected chi connectivity index (χ2v) is 7.48. The van der Waals surface area contributed by atoms with Crippen LogP contribution >= 0.6 is 11.3 Å². The first-order chi connectivity index (χ1) is 11.3. The minimum absolute atomic E-state index is 0.256. The zero-order valence-corrected chi connectivity index (χ0v) is 14.1. The molecule has 0 unspecified atom stereocenters. The predicted molar refractivity (Wildman–Crippen MR) is 89.2 cm³/mol. The van der Waals surface area contributed by atoms with Crippen molar-refractivity contribution >= 4 is 21.4 Å². The molecule has 0 fully saturated rings. The first-order valence-corrected chi connectivity index (χ1v) is 9.15. The topological polar surface area (TPSA) is 95.1 Å². The molecule has 0 radical (unpaired) electrons. The molecule has 24 heavy (non-hydrogen) atoms. The van der Waals surface area contributed by atoms with Crippen LogP contribution in [0.25, 0.3) is 16.9 Å². The minimum Gasteiger partial charge on any atom is -0.266 e. The van der Waals surface area contributed by atoms with Crippen LogP contribution in [0.5, 0.6) is 0 Å². The zero-order valence-electron chi connectivity index (χ0n) is 12.4. The number of halogens is 1. The molecular formula is C15H12FN3O3S2. The summed E-state index contributed by atoms with van der Waals surface area (Å²) in [5, 5.41) is 6.54. The number of aryl methyl sites for hydroxylation is 1. The van der Waals surface area contributed by atoms with Crippen LogP contribution < -0.4 is 10.0 Å². The monoisotopic (exact) mass is 365 g/mol. The Labute approximate surface area is 141 Å². The standard InChI is InChI=1S/C15H12FN3O3S2/c1-9-4-11(7-18-6-9)19-13(8-23-15(19)20)10-2-3-14(12(16)5-10)24(17,21)22/h2-8H,1H3,(H2,17,21,22). The predicted octanol–water partition coefficient (Wildman–Crippen LogP) is 2.06. The van der Waals surface area contributed by atoms with E-state index in [4.69, 9.17) is 5.14 Å². The van der Waals surface area contributed by atoms with E-state index in [0.29, 0.717) is 16.9 Å². The van der Waals surface area contributed by atoms with Crippen LogP contribution in [0.1, 0.15) is 5.56 Å². The van der Waals surface area contributed by atoms with Gasteiger partial charge in [0.1, 0.15) is 10.7 Å². The van der Waals surface area contributed by atoms with Crippen molar-refractivity contribution in [2.75, 3.05) is 0 Å². The van der Waals surface area contributed by atoms with Gasteiger partial charge in [0.15, 0.2) is 0 Å². The molecule has 124 valence electrons. The normalized spacial score (nSPS) is 11.6. The van der Waals surface area contributed by atoms with Crippen LogP contribution in [0.3, 0.4) is 0 Å². The first-order valence-electron chi connectivity index (χ1n) is 6.72. The average molecular weight is 365 g/mol. The number of nitrogens with zero attached hydrogens (tertiary/aromatic N) is 2. The van der Waals surface area contributed by atoms with Gasteiger partial charge in [-0.25, -0.2) is 17.9 Å². The highest BCUT2D eigenvalue weighted by Gasteiger charge is 2.17. The summed E-state index contributed by atoms with van der Waals surface area (Å²) in [4.78, 5) is 15.4. The highest BCUT2D eigenvalue weighted by Crippen LogP contribution is 2.26. The molecule has 1 aromatic carbocycles. The Morgan fingerprint density at radius 2 is 2.00 bits per heavy atom. The molecule has 0 spiro atoms. The Balaban J connectivity index is 2.19. The highest BCUT2D eigenvalue weighted by molar-refractivity contribution is 7.89. The van der Waals surface area contributed by atoms with Crippen molar-refractivity contribution in [2.45, 2.75) is 11.8 Å². The molecule has 0 saturated heterocycles. The summed E-state index contributed by atoms with van der Waals surface area (Å²) < 4.78 is 38.1. The maximum Gasteiger partial charge on any atom is 0.312 e. The van der Waals surface area contributed by atoms with Gasteiger partial charge in [0.2, 0.25) is 10.0 Å². The Morgan fingerprint density at radius 3 is 2.62 bits per heavy atom. The van der Waals surface area contributed by atoms with Crippen LogP contribution in [0.15, 0.2) is 51.7 Å². The smallest absolute Gasteiger partial charge is 0.266 e. The van der Waals surface area contributed by atoms with Gasteiger partial charge in [0, 0.05) is 17.1 Å². The van der Waals surface area contributed by atoms with Gasteiger partial charge in [-0.1, -0.05) is 17.4 Å². The van der Waals surface area contributed by atoms with E-state index in [-0.39, 0.29) is 4.87 Å². The van der Waals surface area contributed by atoms with Gasteiger partial charge in [-0.05, 0) is 30.7 Å². The lowest BCUT2D eigenvalue weighted by molar-refractivity contribution is 0.568. The molecule has 0 aliphatic carbocycles. The highest BCUT2D eigenvalue weighted by atomic mass is 32.2. The molecule has 6 nitrogen and oxygen atoms in total. The van der Waals surface area contributed by atoms with E-state index in [1.54, 1.807) is 17.6 Å². The molecule has 2 aromatic heterocycles. The van der Waals surface area contributed by atoms with Gasteiger partial charge < -0.3 is 0 Å². The second kappa shape index (κ2) is 5.93. The molecule has 0 amide bonds. The van der Waals surface area contributed by atoms with Gasteiger partial charge in [-0.2, -0.15) is 0 Å². The van der Waals surface area contributed by atoms with Gasteiger partial charge in [-0.3, -0.25) is 14.3 Å². The lowest BCUT2D eigenvalue weighted by Gasteiger charge is -2.09. The number of hydrogen-bond acceptors (Lipinski definition) is 5. The molecule has 0 aliphatic heterocycles. The summed E-state index contributed by atoms with van der Waals surface area (Å²) in [5.41, 5.74) is 2.22. The molecule has 3 aromatic rings. The third-order valence-corrected chi connectivity index (χ3v) is 5.02. The molecule has 9 heteroatoms. The van der Waals surface area contributed by atoms with Crippen molar-refractivity contribution < 1.29 is 12.8 Å². The third kappa shape index (κ3) is 3.01. The fraction of sp³-hybridized carbons (Fsp3) is 0.0667. The van der Waals surface area contributed by atoms with Gasteiger partial charge in [0.25, 0.3) is 0 Å². The Morgan fingerprint density at radius 1 is 1.25 bits per heavy atom. The summed E-state index contributed by atoms with van der Waals surface area (Å²) in [6, 6.07) is 5.31. The molecular weight excluding hydrogens is 353 g/mol. The summed E-state index contributed by atoms with van der Waals surface area (Å²) in [6.07, 6.45) is 3.18. The Kier molecular flexibility index (Phi) is 4.08. The van der Waals surface area contributed by atoms with Gasteiger partial charge >= 0.3 is 4.87 Å². The van der Waals surface area contributed by atoms with E-state index in [1.807, 2.05) is 6.92 Å². The van der Waals surface area contributed by atoms with E-state index in [9.17, 15) is 17.6 Å². The molecule has 0 atom stereocenters. The number of primary sulfonamides is 1. The number of hydrogen-bond donors (Lipinski definition) is 1. The van der Waals surface area contributed by atoms with E-state index in [1.165, 1.54) is 16.8 Å². The summed E-state index contributed by atoms with van der Waals surface area (Å²) >= 11 is 0.956. The van der Waals surface area contributed by atoms with Crippen molar-refractivity contribution in [1.29, 1.82) is 0 Å².